The van der Waals surface area contributed by atoms with Crippen LogP contribution >= 0.6 is 0 Å². The van der Waals surface area contributed by atoms with Crippen molar-refractivity contribution in [2.75, 3.05) is 7.05 Å². The van der Waals surface area contributed by atoms with E-state index in [1.807, 2.05) is 0 Å². The van der Waals surface area contributed by atoms with E-state index in [2.05, 4.69) is 5.32 Å². The van der Waals surface area contributed by atoms with Gasteiger partial charge in [-0.2, -0.15) is 18.4 Å². The molecule has 9 heteroatoms. The summed E-state index contributed by atoms with van der Waals surface area (Å²) in [5, 5.41) is 33.8. The molecule has 4 rings (SSSR count). The molecule has 2 aromatic rings. The summed E-state index contributed by atoms with van der Waals surface area (Å²) >= 11 is 0. The summed E-state index contributed by atoms with van der Waals surface area (Å²) in [5.74, 6) is -0.748. The Morgan fingerprint density at radius 3 is 2.46 bits per heavy atom. The fourth-order valence-electron chi connectivity index (χ4n) is 4.69. The topological polar surface area (TPSA) is 90.4 Å². The predicted octanol–water partition coefficient (Wildman–Crippen LogP) is 3.23. The molecule has 0 unspecified atom stereocenters. The monoisotopic (exact) mass is 393 g/mol. The zero-order valence-electron chi connectivity index (χ0n) is 15.3. The lowest BCUT2D eigenvalue weighted by atomic mass is 9.77. The second-order valence-corrected chi connectivity index (χ2v) is 7.56. The van der Waals surface area contributed by atoms with Crippen molar-refractivity contribution in [1.29, 1.82) is 5.26 Å². The van der Waals surface area contributed by atoms with Crippen LogP contribution in [0.1, 0.15) is 42.5 Å². The van der Waals surface area contributed by atoms with Gasteiger partial charge in [0.05, 0.1) is 39.6 Å². The number of alkyl halides is 3. The average molecular weight is 393 g/mol. The third kappa shape index (κ3) is 2.16. The summed E-state index contributed by atoms with van der Waals surface area (Å²) in [4.78, 5) is 0. The van der Waals surface area contributed by atoms with Gasteiger partial charge in [-0.15, -0.1) is 0 Å². The van der Waals surface area contributed by atoms with E-state index in [0.29, 0.717) is 17.5 Å². The van der Waals surface area contributed by atoms with Crippen LogP contribution in [0.4, 0.5) is 13.2 Å². The number of ether oxygens (including phenoxy) is 1. The molecule has 3 heterocycles. The van der Waals surface area contributed by atoms with Gasteiger partial charge in [0.2, 0.25) is 11.8 Å². The van der Waals surface area contributed by atoms with E-state index in [1.165, 1.54) is 12.1 Å². The number of fused-ring (bicyclic) bond motifs is 5. The Kier molecular flexibility index (Phi) is 3.62. The lowest BCUT2D eigenvalue weighted by molar-refractivity contribution is -0.137. The summed E-state index contributed by atoms with van der Waals surface area (Å²) in [6.07, 6.45) is -4.22. The predicted molar refractivity (Wildman–Crippen MR) is 92.1 cm³/mol. The highest BCUT2D eigenvalue weighted by atomic mass is 19.4. The molecule has 28 heavy (non-hydrogen) atoms. The minimum Gasteiger partial charge on any atom is -0.494 e. The third-order valence-electron chi connectivity index (χ3n) is 5.88. The maximum atomic E-state index is 13.3. The molecule has 1 fully saturated rings. The number of benzene rings is 1. The van der Waals surface area contributed by atoms with Gasteiger partial charge in [-0.1, -0.05) is 0 Å². The van der Waals surface area contributed by atoms with Gasteiger partial charge >= 0.3 is 6.18 Å². The molecule has 3 atom stereocenters. The summed E-state index contributed by atoms with van der Waals surface area (Å²) in [7, 11) is 1.76. The first kappa shape index (κ1) is 18.7. The van der Waals surface area contributed by atoms with Crippen LogP contribution in [0.2, 0.25) is 0 Å². The number of nitrogens with zero attached hydrogens (tertiary/aromatic N) is 2. The Labute approximate surface area is 158 Å². The van der Waals surface area contributed by atoms with E-state index in [-0.39, 0.29) is 23.5 Å². The van der Waals surface area contributed by atoms with Gasteiger partial charge in [-0.25, -0.2) is 0 Å². The molecule has 6 nitrogen and oxygen atoms in total. The molecular formula is C19H18F3N3O3. The van der Waals surface area contributed by atoms with E-state index in [4.69, 9.17) is 10.00 Å². The Bertz CT molecular complexity index is 1040. The number of likely N-dealkylation sites (N-methyl/N-ethyl adjacent to an activating group) is 1. The van der Waals surface area contributed by atoms with Crippen LogP contribution in [0.15, 0.2) is 18.2 Å². The Morgan fingerprint density at radius 2 is 1.89 bits per heavy atom. The first-order valence-corrected chi connectivity index (χ1v) is 8.64. The number of nitrogens with one attached hydrogen (secondary N) is 1. The van der Waals surface area contributed by atoms with Crippen molar-refractivity contribution in [2.24, 2.45) is 0 Å². The zero-order valence-corrected chi connectivity index (χ0v) is 15.3. The lowest BCUT2D eigenvalue weighted by Crippen LogP contribution is -2.42. The number of aromatic nitrogens is 1. The second kappa shape index (κ2) is 5.43. The summed E-state index contributed by atoms with van der Waals surface area (Å²) < 4.78 is 47.1. The number of rotatable bonds is 2. The van der Waals surface area contributed by atoms with Crippen LogP contribution < -0.4 is 5.32 Å². The molecule has 2 bridgehead atoms. The molecule has 1 aromatic heterocycles. The van der Waals surface area contributed by atoms with Crippen LogP contribution in [0.5, 0.6) is 11.8 Å². The van der Waals surface area contributed by atoms with Crippen molar-refractivity contribution in [3.05, 3.63) is 40.5 Å². The molecule has 2 aliphatic heterocycles. The van der Waals surface area contributed by atoms with Gasteiger partial charge in [0.1, 0.15) is 5.60 Å². The number of hydrogen-bond donors (Lipinski definition) is 3. The Balaban J connectivity index is 1.96. The van der Waals surface area contributed by atoms with E-state index >= 15 is 0 Å². The Morgan fingerprint density at radius 1 is 1.25 bits per heavy atom. The fraction of sp³-hybridized carbons (Fsp3) is 0.421. The highest BCUT2D eigenvalue weighted by molar-refractivity contribution is 5.62. The number of halogens is 3. The van der Waals surface area contributed by atoms with Crippen molar-refractivity contribution in [3.8, 4) is 23.5 Å². The number of nitriles is 1. The van der Waals surface area contributed by atoms with E-state index < -0.39 is 28.5 Å². The van der Waals surface area contributed by atoms with Crippen molar-refractivity contribution >= 4 is 0 Å². The van der Waals surface area contributed by atoms with Gasteiger partial charge in [-0.3, -0.25) is 4.57 Å². The summed E-state index contributed by atoms with van der Waals surface area (Å²) in [6.45, 7) is 3.55. The van der Waals surface area contributed by atoms with Gasteiger partial charge in [0, 0.05) is 6.04 Å². The molecule has 148 valence electrons. The van der Waals surface area contributed by atoms with Crippen molar-refractivity contribution in [3.63, 3.8) is 0 Å². The van der Waals surface area contributed by atoms with Gasteiger partial charge in [0.25, 0.3) is 0 Å². The number of hydrogen-bond acceptors (Lipinski definition) is 5. The SMILES string of the molecule is CN[C@H]1C[C@@]2(C)O[C@]1(C)c1c2c(O)n(-c2ccc(C#N)c(C(F)(F)F)c2)c1O. The van der Waals surface area contributed by atoms with Crippen molar-refractivity contribution in [2.45, 2.75) is 43.7 Å². The van der Waals surface area contributed by atoms with Gasteiger partial charge in [-0.05, 0) is 45.5 Å². The minimum absolute atomic E-state index is 0.0941. The standard InChI is InChI=1S/C19H18F3N3O3/c1-17-7-12(24-3)18(2,28-17)14-13(17)15(26)25(16(14)27)10-5-4-9(8-23)11(6-10)19(20,21)22/h4-6,12,24,26-27H,7H2,1-3H3/t12-,17+,18-/m0/s1. The first-order valence-electron chi connectivity index (χ1n) is 8.64. The molecule has 0 amide bonds. The van der Waals surface area contributed by atoms with E-state index in [1.54, 1.807) is 20.9 Å². The van der Waals surface area contributed by atoms with Crippen LogP contribution in [0, 0.1) is 11.3 Å². The molecule has 1 saturated heterocycles. The molecule has 0 saturated carbocycles. The molecule has 3 N–H and O–H groups in total. The van der Waals surface area contributed by atoms with Gasteiger partial charge < -0.3 is 20.3 Å². The molecule has 2 aliphatic rings. The maximum Gasteiger partial charge on any atom is 0.417 e. The molecule has 0 radical (unpaired) electrons. The van der Waals surface area contributed by atoms with Gasteiger partial charge in [0.15, 0.2) is 0 Å². The molecular weight excluding hydrogens is 375 g/mol. The second-order valence-electron chi connectivity index (χ2n) is 7.56. The van der Waals surface area contributed by atoms with Crippen LogP contribution in [0.3, 0.4) is 0 Å². The quantitative estimate of drug-likeness (QED) is 0.729. The highest BCUT2D eigenvalue weighted by Gasteiger charge is 2.64. The first-order chi connectivity index (χ1) is 13.0. The largest absolute Gasteiger partial charge is 0.494 e. The van der Waals surface area contributed by atoms with Crippen LogP contribution in [0.25, 0.3) is 5.69 Å². The fourth-order valence-corrected chi connectivity index (χ4v) is 4.69. The smallest absolute Gasteiger partial charge is 0.417 e. The lowest BCUT2D eigenvalue weighted by Gasteiger charge is -2.29. The maximum absolute atomic E-state index is 13.3. The van der Waals surface area contributed by atoms with E-state index in [9.17, 15) is 23.4 Å². The zero-order chi connectivity index (χ0) is 20.6. The summed E-state index contributed by atoms with van der Waals surface area (Å²) in [5.41, 5.74) is -2.86. The Hall–Kier alpha value is -2.70. The van der Waals surface area contributed by atoms with Crippen molar-refractivity contribution < 1.29 is 28.1 Å². The van der Waals surface area contributed by atoms with E-state index in [0.717, 1.165) is 16.7 Å². The van der Waals surface area contributed by atoms with Crippen LogP contribution in [-0.4, -0.2) is 27.9 Å². The third-order valence-corrected chi connectivity index (χ3v) is 5.88. The summed E-state index contributed by atoms with van der Waals surface area (Å²) in [6, 6.07) is 4.40. The minimum atomic E-state index is -4.75. The normalized spacial score (nSPS) is 28.4. The average Bonchev–Trinajstić information content (AvgIpc) is 3.14. The molecule has 0 spiro atoms. The van der Waals surface area contributed by atoms with Crippen molar-refractivity contribution in [1.82, 2.24) is 9.88 Å². The highest BCUT2D eigenvalue weighted by Crippen LogP contribution is 2.64. The molecule has 1 aromatic carbocycles. The molecule has 0 aliphatic carbocycles. The van der Waals surface area contributed by atoms with Crippen LogP contribution in [-0.2, 0) is 22.1 Å². The number of aromatic hydroxyl groups is 2.